The van der Waals surface area contributed by atoms with E-state index in [0.29, 0.717) is 11.1 Å². The maximum atomic E-state index is 12.9. The minimum Gasteiger partial charge on any atom is -0.465 e. The summed E-state index contributed by atoms with van der Waals surface area (Å²) in [6, 6.07) is 14.2. The Morgan fingerprint density at radius 1 is 1.03 bits per heavy atom. The van der Waals surface area contributed by atoms with Crippen molar-refractivity contribution in [3.8, 4) is 0 Å². The Labute approximate surface area is 172 Å². The molecule has 7 nitrogen and oxygen atoms in total. The van der Waals surface area contributed by atoms with Crippen LogP contribution in [0, 0.1) is 5.92 Å². The van der Waals surface area contributed by atoms with Crippen molar-refractivity contribution in [1.82, 2.24) is 4.98 Å². The maximum Gasteiger partial charge on any atom is 0.337 e. The van der Waals surface area contributed by atoms with E-state index in [9.17, 15) is 14.4 Å². The lowest BCUT2D eigenvalue weighted by Crippen LogP contribution is -2.48. The summed E-state index contributed by atoms with van der Waals surface area (Å²) in [6.07, 6.45) is 1.78. The average Bonchev–Trinajstić information content (AvgIpc) is 3.13. The summed E-state index contributed by atoms with van der Waals surface area (Å²) in [5.41, 5.74) is 2.68. The van der Waals surface area contributed by atoms with E-state index in [1.165, 1.54) is 21.0 Å². The molecule has 1 fully saturated rings. The molecule has 1 aliphatic rings. The van der Waals surface area contributed by atoms with Gasteiger partial charge in [0.1, 0.15) is 0 Å². The molecule has 7 heteroatoms. The first-order valence-electron chi connectivity index (χ1n) is 9.51. The molecule has 0 saturated carbocycles. The smallest absolute Gasteiger partial charge is 0.337 e. The van der Waals surface area contributed by atoms with Crippen LogP contribution in [0.25, 0.3) is 10.9 Å². The van der Waals surface area contributed by atoms with Crippen LogP contribution in [0.15, 0.2) is 54.7 Å². The number of esters is 3. The van der Waals surface area contributed by atoms with Gasteiger partial charge < -0.3 is 19.2 Å². The number of benzene rings is 2. The van der Waals surface area contributed by atoms with E-state index < -0.39 is 35.5 Å². The van der Waals surface area contributed by atoms with Crippen LogP contribution in [0.2, 0.25) is 0 Å². The van der Waals surface area contributed by atoms with E-state index in [2.05, 4.69) is 4.98 Å². The zero-order chi connectivity index (χ0) is 21.5. The number of aromatic nitrogens is 1. The molecule has 1 aliphatic heterocycles. The van der Waals surface area contributed by atoms with E-state index in [1.54, 1.807) is 30.5 Å². The topological polar surface area (TPSA) is 94.7 Å². The van der Waals surface area contributed by atoms with E-state index in [0.717, 1.165) is 16.5 Å². The minimum atomic E-state index is -1.32. The summed E-state index contributed by atoms with van der Waals surface area (Å²) in [7, 11) is 1.31. The van der Waals surface area contributed by atoms with Crippen LogP contribution >= 0.6 is 0 Å². The highest BCUT2D eigenvalue weighted by atomic mass is 16.7. The van der Waals surface area contributed by atoms with E-state index in [4.69, 9.17) is 14.2 Å². The molecule has 1 aromatic heterocycles. The highest BCUT2D eigenvalue weighted by Gasteiger charge is 2.48. The van der Waals surface area contributed by atoms with E-state index in [1.807, 2.05) is 24.3 Å². The predicted molar refractivity (Wildman–Crippen MR) is 108 cm³/mol. The normalized spacial score (nSPS) is 17.3. The lowest BCUT2D eigenvalue weighted by atomic mass is 9.79. The number of hydrogen-bond donors (Lipinski definition) is 1. The number of ether oxygens (including phenoxy) is 3. The van der Waals surface area contributed by atoms with Crippen molar-refractivity contribution < 1.29 is 28.6 Å². The monoisotopic (exact) mass is 407 g/mol. The number of fused-ring (bicyclic) bond motifs is 1. The van der Waals surface area contributed by atoms with Gasteiger partial charge in [-0.15, -0.1) is 0 Å². The molecule has 4 rings (SSSR count). The second-order valence-corrected chi connectivity index (χ2v) is 7.60. The number of carbonyl (C=O) groups excluding carboxylic acids is 3. The van der Waals surface area contributed by atoms with Gasteiger partial charge in [-0.3, -0.25) is 9.59 Å². The van der Waals surface area contributed by atoms with Gasteiger partial charge in [-0.1, -0.05) is 30.3 Å². The van der Waals surface area contributed by atoms with Crippen molar-refractivity contribution in [2.75, 3.05) is 7.11 Å². The second kappa shape index (κ2) is 7.33. The van der Waals surface area contributed by atoms with Crippen LogP contribution in [-0.2, 0) is 23.8 Å². The van der Waals surface area contributed by atoms with Gasteiger partial charge in [0.25, 0.3) is 5.79 Å². The summed E-state index contributed by atoms with van der Waals surface area (Å²) in [5.74, 6) is -4.93. The molecule has 2 heterocycles. The molecule has 0 aliphatic carbocycles. The van der Waals surface area contributed by atoms with Gasteiger partial charge in [0.05, 0.1) is 12.7 Å². The Kier molecular flexibility index (Phi) is 4.81. The standard InChI is InChI=1S/C23H21NO6/c1-23(2)29-21(26)19(22(27)30-23)18(13-8-10-14(11-9-13)20(25)28-3)16-12-24-17-7-5-4-6-15(16)17/h4-12,18-19,24H,1-3H3/t18-/m0/s1. The molecule has 1 saturated heterocycles. The number of nitrogens with one attached hydrogen (secondary N) is 1. The Hall–Kier alpha value is -3.61. The average molecular weight is 407 g/mol. The van der Waals surface area contributed by atoms with Crippen molar-refractivity contribution in [1.29, 1.82) is 0 Å². The third kappa shape index (κ3) is 3.43. The molecule has 0 radical (unpaired) electrons. The number of rotatable bonds is 4. The van der Waals surface area contributed by atoms with Crippen molar-refractivity contribution in [2.45, 2.75) is 25.6 Å². The lowest BCUT2D eigenvalue weighted by Gasteiger charge is -2.36. The number of hydrogen-bond acceptors (Lipinski definition) is 6. The molecule has 154 valence electrons. The largest absolute Gasteiger partial charge is 0.465 e. The van der Waals surface area contributed by atoms with Gasteiger partial charge in [-0.05, 0) is 29.3 Å². The maximum absolute atomic E-state index is 12.9. The van der Waals surface area contributed by atoms with Gasteiger partial charge in [-0.25, -0.2) is 4.79 Å². The number of aromatic amines is 1. The highest BCUT2D eigenvalue weighted by molar-refractivity contribution is 5.99. The van der Waals surface area contributed by atoms with E-state index in [-0.39, 0.29) is 0 Å². The molecule has 0 spiro atoms. The molecular formula is C23H21NO6. The summed E-state index contributed by atoms with van der Waals surface area (Å²) >= 11 is 0. The quantitative estimate of drug-likeness (QED) is 0.525. The van der Waals surface area contributed by atoms with Crippen LogP contribution in [0.1, 0.15) is 41.3 Å². The van der Waals surface area contributed by atoms with Gasteiger partial charge in [0.15, 0.2) is 5.92 Å². The first-order valence-corrected chi connectivity index (χ1v) is 9.51. The first-order chi connectivity index (χ1) is 14.3. The summed E-state index contributed by atoms with van der Waals surface area (Å²) in [6.45, 7) is 3.04. The summed E-state index contributed by atoms with van der Waals surface area (Å²) < 4.78 is 15.5. The van der Waals surface area contributed by atoms with Gasteiger partial charge >= 0.3 is 17.9 Å². The summed E-state index contributed by atoms with van der Waals surface area (Å²) in [4.78, 5) is 40.7. The van der Waals surface area contributed by atoms with Gasteiger partial charge in [-0.2, -0.15) is 0 Å². The number of H-pyrrole nitrogens is 1. The van der Waals surface area contributed by atoms with Crippen molar-refractivity contribution >= 4 is 28.8 Å². The van der Waals surface area contributed by atoms with Crippen LogP contribution < -0.4 is 0 Å². The summed E-state index contributed by atoms with van der Waals surface area (Å²) in [5, 5.41) is 0.880. The zero-order valence-corrected chi connectivity index (χ0v) is 16.8. The molecule has 0 bridgehead atoms. The van der Waals surface area contributed by atoms with Crippen LogP contribution in [-0.4, -0.2) is 35.8 Å². The molecule has 1 atom stereocenters. The van der Waals surface area contributed by atoms with Crippen molar-refractivity contribution in [2.24, 2.45) is 5.92 Å². The second-order valence-electron chi connectivity index (χ2n) is 7.60. The van der Waals surface area contributed by atoms with Crippen molar-refractivity contribution in [3.05, 3.63) is 71.4 Å². The van der Waals surface area contributed by atoms with Crippen molar-refractivity contribution in [3.63, 3.8) is 0 Å². The molecular weight excluding hydrogens is 386 g/mol. The van der Waals surface area contributed by atoms with Crippen LogP contribution in [0.3, 0.4) is 0 Å². The number of para-hydroxylation sites is 1. The zero-order valence-electron chi connectivity index (χ0n) is 16.8. The SMILES string of the molecule is COC(=O)c1ccc([C@@H](c2c[nH]c3ccccc23)C2C(=O)OC(C)(C)OC2=O)cc1. The molecule has 2 aromatic carbocycles. The fraction of sp³-hybridized carbons (Fsp3) is 0.261. The Morgan fingerprint density at radius 3 is 2.30 bits per heavy atom. The number of cyclic esters (lactones) is 2. The fourth-order valence-corrected chi connectivity index (χ4v) is 3.85. The molecule has 0 unspecified atom stereocenters. The van der Waals surface area contributed by atoms with Crippen LogP contribution in [0.4, 0.5) is 0 Å². The molecule has 0 amide bonds. The third-order valence-electron chi connectivity index (χ3n) is 5.18. The van der Waals surface area contributed by atoms with Gasteiger partial charge in [0, 0.05) is 36.9 Å². The predicted octanol–water partition coefficient (Wildman–Crippen LogP) is 3.54. The third-order valence-corrected chi connectivity index (χ3v) is 5.18. The fourth-order valence-electron chi connectivity index (χ4n) is 3.85. The highest BCUT2D eigenvalue weighted by Crippen LogP contribution is 2.40. The molecule has 3 aromatic rings. The Balaban J connectivity index is 1.85. The molecule has 1 N–H and O–H groups in total. The van der Waals surface area contributed by atoms with E-state index >= 15 is 0 Å². The lowest BCUT2D eigenvalue weighted by molar-refractivity contribution is -0.240. The number of carbonyl (C=O) groups is 3. The minimum absolute atomic E-state index is 0.369. The first kappa shape index (κ1) is 19.7. The van der Waals surface area contributed by atoms with Crippen LogP contribution in [0.5, 0.6) is 0 Å². The Morgan fingerprint density at radius 2 is 1.67 bits per heavy atom. The Bertz CT molecular complexity index is 1110. The van der Waals surface area contributed by atoms with Gasteiger partial charge in [0.2, 0.25) is 0 Å². The molecule has 30 heavy (non-hydrogen) atoms. The number of methoxy groups -OCH3 is 1.